The van der Waals surface area contributed by atoms with Gasteiger partial charge in [-0.05, 0) is 42.3 Å². The van der Waals surface area contributed by atoms with E-state index in [1.165, 1.54) is 0 Å². The van der Waals surface area contributed by atoms with Gasteiger partial charge in [-0.2, -0.15) is 5.26 Å². The van der Waals surface area contributed by atoms with Crippen molar-refractivity contribution in [2.24, 2.45) is 4.99 Å². The van der Waals surface area contributed by atoms with Gasteiger partial charge in [-0.25, -0.2) is 9.79 Å². The molecule has 0 spiro atoms. The average Bonchev–Trinajstić information content (AvgIpc) is 3.26. The van der Waals surface area contributed by atoms with Gasteiger partial charge in [0.05, 0.1) is 6.61 Å². The molecule has 0 bridgehead atoms. The van der Waals surface area contributed by atoms with Crippen LogP contribution in [0, 0.1) is 11.3 Å². The van der Waals surface area contributed by atoms with Gasteiger partial charge in [0.1, 0.15) is 23.1 Å². The first kappa shape index (κ1) is 22.6. The van der Waals surface area contributed by atoms with E-state index in [2.05, 4.69) is 11.1 Å². The summed E-state index contributed by atoms with van der Waals surface area (Å²) >= 11 is 0. The molecule has 0 fully saturated rings. The van der Waals surface area contributed by atoms with Gasteiger partial charge in [0.2, 0.25) is 5.88 Å². The Balaban J connectivity index is 1.63. The molecule has 0 amide bonds. The van der Waals surface area contributed by atoms with E-state index >= 15 is 0 Å². The molecular formula is C28H22N2O4. The number of furan rings is 1. The van der Waals surface area contributed by atoms with Crippen LogP contribution in [0.1, 0.15) is 18.1 Å². The number of carbonyl (C=O) groups is 1. The number of rotatable bonds is 8. The minimum Gasteiger partial charge on any atom is -0.482 e. The van der Waals surface area contributed by atoms with Gasteiger partial charge >= 0.3 is 5.97 Å². The monoisotopic (exact) mass is 450 g/mol. The SMILES string of the molecule is CCOC(=O)COc1ccc(C=Nc2oc(-c3ccccc3)c(-c3ccccc3)c2C#N)cc1. The van der Waals surface area contributed by atoms with Gasteiger partial charge in [0.25, 0.3) is 0 Å². The minimum atomic E-state index is -0.418. The fourth-order valence-electron chi connectivity index (χ4n) is 3.42. The number of ether oxygens (including phenoxy) is 2. The Hall–Kier alpha value is -4.63. The zero-order valence-electron chi connectivity index (χ0n) is 18.6. The maximum atomic E-state index is 11.4. The van der Waals surface area contributed by atoms with Gasteiger partial charge in [-0.15, -0.1) is 0 Å². The number of carbonyl (C=O) groups excluding carboxylic acids is 1. The quantitative estimate of drug-likeness (QED) is 0.236. The summed E-state index contributed by atoms with van der Waals surface area (Å²) in [4.78, 5) is 15.9. The molecule has 4 aromatic rings. The molecule has 0 N–H and O–H groups in total. The predicted octanol–water partition coefficient (Wildman–Crippen LogP) is 6.18. The fourth-order valence-corrected chi connectivity index (χ4v) is 3.42. The van der Waals surface area contributed by atoms with Crippen LogP contribution >= 0.6 is 0 Å². The van der Waals surface area contributed by atoms with Crippen molar-refractivity contribution in [2.75, 3.05) is 13.2 Å². The highest BCUT2D eigenvalue weighted by molar-refractivity contribution is 5.89. The van der Waals surface area contributed by atoms with Crippen molar-refractivity contribution < 1.29 is 18.7 Å². The predicted molar refractivity (Wildman–Crippen MR) is 130 cm³/mol. The molecule has 0 atom stereocenters. The van der Waals surface area contributed by atoms with Crippen molar-refractivity contribution >= 4 is 18.1 Å². The normalized spacial score (nSPS) is 10.7. The average molecular weight is 450 g/mol. The maximum Gasteiger partial charge on any atom is 0.344 e. The molecular weight excluding hydrogens is 428 g/mol. The Morgan fingerprint density at radius 2 is 1.62 bits per heavy atom. The summed E-state index contributed by atoms with van der Waals surface area (Å²) in [6, 6.07) is 28.7. The molecule has 0 radical (unpaired) electrons. The highest BCUT2D eigenvalue weighted by Gasteiger charge is 2.22. The lowest BCUT2D eigenvalue weighted by atomic mass is 9.98. The van der Waals surface area contributed by atoms with Gasteiger partial charge in [0, 0.05) is 17.3 Å². The molecule has 6 nitrogen and oxygen atoms in total. The summed E-state index contributed by atoms with van der Waals surface area (Å²) < 4.78 is 16.4. The van der Waals surface area contributed by atoms with Crippen LogP contribution in [-0.4, -0.2) is 25.4 Å². The van der Waals surface area contributed by atoms with Gasteiger partial charge in [0.15, 0.2) is 6.61 Å². The van der Waals surface area contributed by atoms with Crippen LogP contribution in [0.2, 0.25) is 0 Å². The summed E-state index contributed by atoms with van der Waals surface area (Å²) in [5, 5.41) is 9.96. The van der Waals surface area contributed by atoms with Crippen molar-refractivity contribution in [3.05, 3.63) is 96.1 Å². The lowest BCUT2D eigenvalue weighted by Crippen LogP contribution is -2.14. The van der Waals surface area contributed by atoms with Crippen LogP contribution in [0.5, 0.6) is 5.75 Å². The Morgan fingerprint density at radius 1 is 0.971 bits per heavy atom. The van der Waals surface area contributed by atoms with Crippen LogP contribution in [-0.2, 0) is 9.53 Å². The summed E-state index contributed by atoms with van der Waals surface area (Å²) in [5.41, 5.74) is 3.61. The zero-order valence-corrected chi connectivity index (χ0v) is 18.6. The first-order chi connectivity index (χ1) is 16.7. The van der Waals surface area contributed by atoms with E-state index in [4.69, 9.17) is 13.9 Å². The Labute approximate surface area is 197 Å². The van der Waals surface area contributed by atoms with Gasteiger partial charge in [-0.3, -0.25) is 0 Å². The molecule has 0 aliphatic carbocycles. The maximum absolute atomic E-state index is 11.4. The topological polar surface area (TPSA) is 84.8 Å². The van der Waals surface area contributed by atoms with Gasteiger partial charge in [-0.1, -0.05) is 60.7 Å². The number of hydrogen-bond donors (Lipinski definition) is 0. The first-order valence-corrected chi connectivity index (χ1v) is 10.8. The fraction of sp³-hybridized carbons (Fsp3) is 0.107. The Bertz CT molecular complexity index is 1320. The van der Waals surface area contributed by atoms with Crippen molar-refractivity contribution in [1.29, 1.82) is 5.26 Å². The van der Waals surface area contributed by atoms with Crippen LogP contribution in [0.3, 0.4) is 0 Å². The molecule has 0 aliphatic heterocycles. The van der Waals surface area contributed by atoms with Crippen LogP contribution < -0.4 is 4.74 Å². The van der Waals surface area contributed by atoms with E-state index in [1.54, 1.807) is 37.4 Å². The van der Waals surface area contributed by atoms with E-state index in [0.717, 1.165) is 16.7 Å². The Morgan fingerprint density at radius 3 is 2.24 bits per heavy atom. The van der Waals surface area contributed by atoms with Crippen molar-refractivity contribution in [1.82, 2.24) is 0 Å². The second kappa shape index (κ2) is 10.8. The molecule has 0 saturated carbocycles. The van der Waals surface area contributed by atoms with E-state index < -0.39 is 5.97 Å². The van der Waals surface area contributed by atoms with Crippen LogP contribution in [0.25, 0.3) is 22.5 Å². The van der Waals surface area contributed by atoms with Crippen molar-refractivity contribution in [3.63, 3.8) is 0 Å². The second-order valence-corrected chi connectivity index (χ2v) is 7.25. The molecule has 1 heterocycles. The van der Waals surface area contributed by atoms with Crippen molar-refractivity contribution in [3.8, 4) is 34.3 Å². The second-order valence-electron chi connectivity index (χ2n) is 7.25. The third-order valence-electron chi connectivity index (χ3n) is 4.97. The molecule has 0 saturated heterocycles. The number of esters is 1. The lowest BCUT2D eigenvalue weighted by Gasteiger charge is -2.05. The molecule has 168 valence electrons. The summed E-state index contributed by atoms with van der Waals surface area (Å²) in [5.74, 6) is 0.957. The molecule has 6 heteroatoms. The van der Waals surface area contributed by atoms with E-state index in [1.807, 2.05) is 60.7 Å². The standard InChI is InChI=1S/C28H22N2O4/c1-2-32-25(31)19-33-23-15-13-20(14-16-23)18-30-28-24(17-29)26(21-9-5-3-6-10-21)27(34-28)22-11-7-4-8-12-22/h3-16,18H,2,19H2,1H3. The highest BCUT2D eigenvalue weighted by Crippen LogP contribution is 2.42. The van der Waals surface area contributed by atoms with E-state index in [0.29, 0.717) is 29.2 Å². The number of aliphatic imine (C=N–C) groups is 1. The van der Waals surface area contributed by atoms with E-state index in [-0.39, 0.29) is 12.5 Å². The summed E-state index contributed by atoms with van der Waals surface area (Å²) in [6.07, 6.45) is 1.62. The van der Waals surface area contributed by atoms with Crippen LogP contribution in [0.15, 0.2) is 94.3 Å². The Kier molecular flexibility index (Phi) is 7.16. The summed E-state index contributed by atoms with van der Waals surface area (Å²) in [7, 11) is 0. The highest BCUT2D eigenvalue weighted by atomic mass is 16.6. The minimum absolute atomic E-state index is 0.149. The summed E-state index contributed by atoms with van der Waals surface area (Å²) in [6.45, 7) is 1.91. The number of nitrogens with zero attached hydrogens (tertiary/aromatic N) is 2. The van der Waals surface area contributed by atoms with Crippen LogP contribution in [0.4, 0.5) is 5.88 Å². The third-order valence-corrected chi connectivity index (χ3v) is 4.97. The molecule has 3 aromatic carbocycles. The third kappa shape index (κ3) is 5.22. The van der Waals surface area contributed by atoms with E-state index in [9.17, 15) is 10.1 Å². The van der Waals surface area contributed by atoms with Gasteiger partial charge < -0.3 is 13.9 Å². The molecule has 0 unspecified atom stereocenters. The molecule has 0 aliphatic rings. The molecule has 1 aromatic heterocycles. The molecule has 4 rings (SSSR count). The number of nitriles is 1. The number of benzene rings is 3. The lowest BCUT2D eigenvalue weighted by molar-refractivity contribution is -0.145. The zero-order chi connectivity index (χ0) is 23.8. The van der Waals surface area contributed by atoms with Crippen molar-refractivity contribution in [2.45, 2.75) is 6.92 Å². The first-order valence-electron chi connectivity index (χ1n) is 10.8. The number of hydrogen-bond acceptors (Lipinski definition) is 6. The smallest absolute Gasteiger partial charge is 0.344 e. The largest absolute Gasteiger partial charge is 0.482 e. The molecule has 34 heavy (non-hydrogen) atoms.